The Morgan fingerprint density at radius 1 is 1.09 bits per heavy atom. The first-order valence-electron chi connectivity index (χ1n) is 6.72. The number of nitrogens with one attached hydrogen (secondary N) is 2. The highest BCUT2D eigenvalue weighted by Crippen LogP contribution is 2.29. The molecule has 0 saturated heterocycles. The Morgan fingerprint density at radius 2 is 1.77 bits per heavy atom. The molecule has 0 unspecified atom stereocenters. The van der Waals surface area contributed by atoms with Crippen molar-refractivity contribution in [1.82, 2.24) is 0 Å². The third kappa shape index (κ3) is 4.29. The van der Waals surface area contributed by atoms with Gasteiger partial charge in [0.2, 0.25) is 5.91 Å². The van der Waals surface area contributed by atoms with Crippen molar-refractivity contribution in [2.75, 3.05) is 24.3 Å². The van der Waals surface area contributed by atoms with Gasteiger partial charge in [0.1, 0.15) is 5.75 Å². The third-order valence-electron chi connectivity index (χ3n) is 3.00. The molecule has 0 aliphatic carbocycles. The number of carbonyl (C=O) groups excluding carboxylic acids is 1. The van der Waals surface area contributed by atoms with Gasteiger partial charge in [0.15, 0.2) is 0 Å². The quantitative estimate of drug-likeness (QED) is 0.818. The Labute approximate surface area is 139 Å². The van der Waals surface area contributed by atoms with Crippen LogP contribution < -0.4 is 15.4 Å². The molecule has 0 radical (unpaired) electrons. The van der Waals surface area contributed by atoms with Crippen LogP contribution in [0.15, 0.2) is 42.5 Å². The van der Waals surface area contributed by atoms with Crippen LogP contribution in [-0.4, -0.2) is 19.6 Å². The molecule has 0 atom stereocenters. The molecule has 0 aliphatic rings. The molecule has 2 rings (SSSR count). The van der Waals surface area contributed by atoms with Crippen molar-refractivity contribution in [3.05, 3.63) is 52.5 Å². The van der Waals surface area contributed by atoms with Gasteiger partial charge in [0, 0.05) is 13.0 Å². The van der Waals surface area contributed by atoms with Gasteiger partial charge >= 0.3 is 0 Å². The van der Waals surface area contributed by atoms with Gasteiger partial charge in [-0.3, -0.25) is 4.79 Å². The molecule has 0 bridgehead atoms. The molecular formula is C16H16Cl2N2O2. The smallest absolute Gasteiger partial charge is 0.226 e. The van der Waals surface area contributed by atoms with Crippen LogP contribution in [-0.2, 0) is 4.79 Å². The van der Waals surface area contributed by atoms with E-state index in [1.54, 1.807) is 25.3 Å². The van der Waals surface area contributed by atoms with E-state index in [-0.39, 0.29) is 12.3 Å². The van der Waals surface area contributed by atoms with Gasteiger partial charge in [0.05, 0.1) is 28.5 Å². The van der Waals surface area contributed by atoms with E-state index in [0.717, 1.165) is 11.4 Å². The second kappa shape index (κ2) is 7.92. The number of carbonyl (C=O) groups is 1. The highest BCUT2D eigenvalue weighted by atomic mass is 35.5. The number of hydrogen-bond donors (Lipinski definition) is 2. The Bertz CT molecular complexity index is 642. The lowest BCUT2D eigenvalue weighted by Gasteiger charge is -2.12. The van der Waals surface area contributed by atoms with E-state index in [2.05, 4.69) is 10.6 Å². The van der Waals surface area contributed by atoms with E-state index in [4.69, 9.17) is 27.9 Å². The molecular weight excluding hydrogens is 323 g/mol. The van der Waals surface area contributed by atoms with Gasteiger partial charge in [-0.15, -0.1) is 0 Å². The van der Waals surface area contributed by atoms with Crippen LogP contribution in [0.5, 0.6) is 5.75 Å². The molecule has 2 aromatic rings. The molecule has 2 N–H and O–H groups in total. The fourth-order valence-electron chi connectivity index (χ4n) is 1.92. The summed E-state index contributed by atoms with van der Waals surface area (Å²) < 4.78 is 5.23. The lowest BCUT2D eigenvalue weighted by molar-refractivity contribution is -0.115. The molecule has 0 heterocycles. The second-order valence-corrected chi connectivity index (χ2v) is 5.34. The Morgan fingerprint density at radius 3 is 2.45 bits per heavy atom. The van der Waals surface area contributed by atoms with E-state index < -0.39 is 0 Å². The molecule has 4 nitrogen and oxygen atoms in total. The minimum Gasteiger partial charge on any atom is -0.495 e. The average molecular weight is 339 g/mol. The maximum Gasteiger partial charge on any atom is 0.226 e. The monoisotopic (exact) mass is 338 g/mol. The van der Waals surface area contributed by atoms with Crippen molar-refractivity contribution in [3.63, 3.8) is 0 Å². The average Bonchev–Trinajstić information content (AvgIpc) is 2.51. The van der Waals surface area contributed by atoms with Crippen molar-refractivity contribution < 1.29 is 9.53 Å². The summed E-state index contributed by atoms with van der Waals surface area (Å²) in [5.41, 5.74) is 1.28. The van der Waals surface area contributed by atoms with Crippen LogP contribution in [0.25, 0.3) is 0 Å². The molecule has 0 aliphatic heterocycles. The number of anilines is 2. The number of methoxy groups -OCH3 is 1. The van der Waals surface area contributed by atoms with Gasteiger partial charge < -0.3 is 15.4 Å². The normalized spacial score (nSPS) is 10.1. The first kappa shape index (κ1) is 16.5. The van der Waals surface area contributed by atoms with Crippen molar-refractivity contribution in [1.29, 1.82) is 0 Å². The molecule has 0 saturated carbocycles. The summed E-state index contributed by atoms with van der Waals surface area (Å²) in [4.78, 5) is 12.0. The van der Waals surface area contributed by atoms with Gasteiger partial charge in [0.25, 0.3) is 0 Å². The minimum absolute atomic E-state index is 0.169. The van der Waals surface area contributed by atoms with Crippen LogP contribution in [0, 0.1) is 0 Å². The van der Waals surface area contributed by atoms with Crippen LogP contribution >= 0.6 is 23.2 Å². The molecule has 1 amide bonds. The Balaban J connectivity index is 1.88. The van der Waals surface area contributed by atoms with Crippen molar-refractivity contribution >= 4 is 40.5 Å². The SMILES string of the molecule is COc1ccccc1NCCC(=O)Nc1c(Cl)cccc1Cl. The zero-order chi connectivity index (χ0) is 15.9. The molecule has 2 aromatic carbocycles. The maximum absolute atomic E-state index is 12.0. The van der Waals surface area contributed by atoms with Crippen LogP contribution in [0.4, 0.5) is 11.4 Å². The zero-order valence-corrected chi connectivity index (χ0v) is 13.5. The number of hydrogen-bond acceptors (Lipinski definition) is 3. The molecule has 0 aromatic heterocycles. The maximum atomic E-state index is 12.0. The van der Waals surface area contributed by atoms with Gasteiger partial charge in [-0.25, -0.2) is 0 Å². The fraction of sp³-hybridized carbons (Fsp3) is 0.188. The molecule has 0 spiro atoms. The third-order valence-corrected chi connectivity index (χ3v) is 3.63. The molecule has 116 valence electrons. The molecule has 22 heavy (non-hydrogen) atoms. The standard InChI is InChI=1S/C16H16Cl2N2O2/c1-22-14-8-3-2-7-13(14)19-10-9-15(21)20-16-11(17)5-4-6-12(16)18/h2-8,19H,9-10H2,1H3,(H,20,21). The highest BCUT2D eigenvalue weighted by molar-refractivity contribution is 6.39. The van der Waals surface area contributed by atoms with Crippen LogP contribution in [0.2, 0.25) is 10.0 Å². The number of benzene rings is 2. The summed E-state index contributed by atoms with van der Waals surface area (Å²) in [6, 6.07) is 12.6. The summed E-state index contributed by atoms with van der Waals surface area (Å²) in [6.07, 6.45) is 0.277. The zero-order valence-electron chi connectivity index (χ0n) is 12.0. The second-order valence-electron chi connectivity index (χ2n) is 4.52. The van der Waals surface area contributed by atoms with Gasteiger partial charge in [-0.2, -0.15) is 0 Å². The van der Waals surface area contributed by atoms with E-state index in [1.165, 1.54) is 0 Å². The first-order valence-corrected chi connectivity index (χ1v) is 7.48. The van der Waals surface area contributed by atoms with E-state index in [0.29, 0.717) is 22.3 Å². The lowest BCUT2D eigenvalue weighted by Crippen LogP contribution is -2.17. The Kier molecular flexibility index (Phi) is 5.92. The largest absolute Gasteiger partial charge is 0.495 e. The predicted octanol–water partition coefficient (Wildman–Crippen LogP) is 4.44. The number of halogens is 2. The van der Waals surface area contributed by atoms with Crippen molar-refractivity contribution in [3.8, 4) is 5.75 Å². The predicted molar refractivity (Wildman–Crippen MR) is 91.2 cm³/mol. The summed E-state index contributed by atoms with van der Waals surface area (Å²) in [5.74, 6) is 0.564. The van der Waals surface area contributed by atoms with E-state index in [9.17, 15) is 4.79 Å². The number of para-hydroxylation sites is 3. The number of ether oxygens (including phenoxy) is 1. The fourth-order valence-corrected chi connectivity index (χ4v) is 2.41. The van der Waals surface area contributed by atoms with Crippen LogP contribution in [0.1, 0.15) is 6.42 Å². The topological polar surface area (TPSA) is 50.4 Å². The number of amides is 1. The summed E-state index contributed by atoms with van der Waals surface area (Å²) in [5, 5.41) is 6.71. The summed E-state index contributed by atoms with van der Waals surface area (Å²) in [6.45, 7) is 0.467. The number of rotatable bonds is 6. The molecule has 0 fully saturated rings. The van der Waals surface area contributed by atoms with E-state index >= 15 is 0 Å². The van der Waals surface area contributed by atoms with Crippen LogP contribution in [0.3, 0.4) is 0 Å². The lowest BCUT2D eigenvalue weighted by atomic mass is 10.2. The summed E-state index contributed by atoms with van der Waals surface area (Å²) in [7, 11) is 1.60. The van der Waals surface area contributed by atoms with Gasteiger partial charge in [-0.05, 0) is 24.3 Å². The van der Waals surface area contributed by atoms with E-state index in [1.807, 2.05) is 24.3 Å². The Hall–Kier alpha value is -1.91. The summed E-state index contributed by atoms with van der Waals surface area (Å²) >= 11 is 12.0. The molecule has 6 heteroatoms. The van der Waals surface area contributed by atoms with Crippen molar-refractivity contribution in [2.24, 2.45) is 0 Å². The van der Waals surface area contributed by atoms with Crippen molar-refractivity contribution in [2.45, 2.75) is 6.42 Å². The minimum atomic E-state index is -0.169. The highest BCUT2D eigenvalue weighted by Gasteiger charge is 2.09. The first-order chi connectivity index (χ1) is 10.6. The van der Waals surface area contributed by atoms with Gasteiger partial charge in [-0.1, -0.05) is 41.4 Å².